The van der Waals surface area contributed by atoms with Gasteiger partial charge in [0.15, 0.2) is 0 Å². The van der Waals surface area contributed by atoms with Gasteiger partial charge in [0, 0.05) is 18.4 Å². The highest BCUT2D eigenvalue weighted by molar-refractivity contribution is 7.99. The molecule has 0 spiro atoms. The van der Waals surface area contributed by atoms with Crippen molar-refractivity contribution in [1.29, 1.82) is 0 Å². The molecule has 1 saturated heterocycles. The van der Waals surface area contributed by atoms with Gasteiger partial charge in [0.05, 0.1) is 0 Å². The summed E-state index contributed by atoms with van der Waals surface area (Å²) in [6.07, 6.45) is 6.02. The second-order valence-electron chi connectivity index (χ2n) is 3.65. The van der Waals surface area contributed by atoms with Crippen molar-refractivity contribution in [3.63, 3.8) is 0 Å². The normalized spacial score (nSPS) is 22.4. The van der Waals surface area contributed by atoms with Crippen LogP contribution in [0.25, 0.3) is 0 Å². The van der Waals surface area contributed by atoms with E-state index in [1.807, 2.05) is 0 Å². The fraction of sp³-hybridized carbons (Fsp3) is 1.00. The minimum Gasteiger partial charge on any atom is -0.396 e. The zero-order valence-corrected chi connectivity index (χ0v) is 9.11. The van der Waals surface area contributed by atoms with Gasteiger partial charge in [-0.25, -0.2) is 0 Å². The Labute approximate surface area is 85.5 Å². The smallest absolute Gasteiger partial charge is 0.0431 e. The molecule has 3 heteroatoms. The summed E-state index contributed by atoms with van der Waals surface area (Å²) in [7, 11) is 0. The van der Waals surface area contributed by atoms with Crippen LogP contribution in [0.2, 0.25) is 0 Å². The van der Waals surface area contributed by atoms with Crippen LogP contribution in [0.3, 0.4) is 0 Å². The third-order valence-corrected chi connectivity index (χ3v) is 3.61. The van der Waals surface area contributed by atoms with Crippen molar-refractivity contribution in [2.75, 3.05) is 24.7 Å². The molecule has 0 bridgehead atoms. The summed E-state index contributed by atoms with van der Waals surface area (Å²) in [4.78, 5) is 0. The molecule has 0 radical (unpaired) electrons. The summed E-state index contributed by atoms with van der Waals surface area (Å²) in [5.41, 5.74) is 0. The Morgan fingerprint density at radius 1 is 1.23 bits per heavy atom. The maximum Gasteiger partial charge on any atom is 0.0431 e. The van der Waals surface area contributed by atoms with Crippen molar-refractivity contribution in [3.8, 4) is 0 Å². The number of hydrogen-bond donors (Lipinski definition) is 2. The quantitative estimate of drug-likeness (QED) is 0.617. The molecule has 1 atom stereocenters. The summed E-state index contributed by atoms with van der Waals surface area (Å²) in [6, 6.07) is 0.780. The van der Waals surface area contributed by atoms with E-state index in [9.17, 15) is 0 Å². The van der Waals surface area contributed by atoms with Crippen LogP contribution < -0.4 is 5.32 Å². The van der Waals surface area contributed by atoms with Crippen LogP contribution in [0.15, 0.2) is 0 Å². The lowest BCUT2D eigenvalue weighted by Gasteiger charge is -2.10. The van der Waals surface area contributed by atoms with Gasteiger partial charge in [0.25, 0.3) is 0 Å². The summed E-state index contributed by atoms with van der Waals surface area (Å²) in [5, 5.41) is 12.2. The number of nitrogens with one attached hydrogen (secondary N) is 1. The Hall–Kier alpha value is 0.270. The summed E-state index contributed by atoms with van der Waals surface area (Å²) >= 11 is 2.06. The second kappa shape index (κ2) is 7.65. The molecule has 0 amide bonds. The van der Waals surface area contributed by atoms with E-state index in [0.29, 0.717) is 6.61 Å². The molecule has 0 aromatic heterocycles. The van der Waals surface area contributed by atoms with Crippen LogP contribution in [-0.2, 0) is 0 Å². The van der Waals surface area contributed by atoms with Crippen LogP contribution in [0.1, 0.15) is 32.1 Å². The predicted molar refractivity (Wildman–Crippen MR) is 59.3 cm³/mol. The molecule has 2 N–H and O–H groups in total. The molecule has 1 rings (SSSR count). The number of thioether (sulfide) groups is 1. The topological polar surface area (TPSA) is 32.3 Å². The van der Waals surface area contributed by atoms with Crippen molar-refractivity contribution >= 4 is 11.8 Å². The minimum absolute atomic E-state index is 0.354. The molecule has 0 aromatic carbocycles. The molecule has 1 aliphatic rings. The molecule has 13 heavy (non-hydrogen) atoms. The first-order chi connectivity index (χ1) is 6.43. The largest absolute Gasteiger partial charge is 0.396 e. The van der Waals surface area contributed by atoms with Crippen molar-refractivity contribution in [2.45, 2.75) is 38.1 Å². The van der Waals surface area contributed by atoms with Crippen LogP contribution >= 0.6 is 11.8 Å². The fourth-order valence-corrected chi connectivity index (χ4v) is 2.78. The monoisotopic (exact) mass is 203 g/mol. The molecule has 0 aliphatic carbocycles. The van der Waals surface area contributed by atoms with E-state index >= 15 is 0 Å². The van der Waals surface area contributed by atoms with E-state index in [4.69, 9.17) is 5.11 Å². The van der Waals surface area contributed by atoms with Crippen LogP contribution in [0.5, 0.6) is 0 Å². The molecular formula is C10H21NOS. The molecule has 1 heterocycles. The lowest BCUT2D eigenvalue weighted by Crippen LogP contribution is -2.29. The number of rotatable bonds is 7. The Kier molecular flexibility index (Phi) is 6.68. The zero-order chi connectivity index (χ0) is 9.36. The number of aliphatic hydroxyl groups excluding tert-OH is 1. The highest BCUT2D eigenvalue weighted by atomic mass is 32.2. The van der Waals surface area contributed by atoms with Gasteiger partial charge in [0.2, 0.25) is 0 Å². The van der Waals surface area contributed by atoms with E-state index in [0.717, 1.165) is 19.0 Å². The SMILES string of the molecule is OCCCCCCNC1CCSC1. The first-order valence-electron chi connectivity index (χ1n) is 5.35. The maximum atomic E-state index is 8.58. The lowest BCUT2D eigenvalue weighted by molar-refractivity contribution is 0.282. The highest BCUT2D eigenvalue weighted by Gasteiger charge is 2.13. The highest BCUT2D eigenvalue weighted by Crippen LogP contribution is 2.16. The van der Waals surface area contributed by atoms with E-state index in [1.54, 1.807) is 0 Å². The van der Waals surface area contributed by atoms with Gasteiger partial charge in [-0.2, -0.15) is 11.8 Å². The molecule has 1 fully saturated rings. The van der Waals surface area contributed by atoms with Crippen LogP contribution in [-0.4, -0.2) is 35.8 Å². The van der Waals surface area contributed by atoms with Crippen molar-refractivity contribution in [1.82, 2.24) is 5.32 Å². The fourth-order valence-electron chi connectivity index (χ4n) is 1.59. The third kappa shape index (κ3) is 5.55. The van der Waals surface area contributed by atoms with Gasteiger partial charge in [-0.3, -0.25) is 0 Å². The van der Waals surface area contributed by atoms with Crippen molar-refractivity contribution in [2.24, 2.45) is 0 Å². The molecular weight excluding hydrogens is 182 g/mol. The van der Waals surface area contributed by atoms with Crippen LogP contribution in [0, 0.1) is 0 Å². The number of aliphatic hydroxyl groups is 1. The Morgan fingerprint density at radius 2 is 2.08 bits per heavy atom. The van der Waals surface area contributed by atoms with E-state index in [2.05, 4.69) is 17.1 Å². The Balaban J connectivity index is 1.78. The average Bonchev–Trinajstić information content (AvgIpc) is 2.63. The predicted octanol–water partition coefficient (Wildman–Crippen LogP) is 1.63. The van der Waals surface area contributed by atoms with Gasteiger partial charge in [-0.15, -0.1) is 0 Å². The summed E-state index contributed by atoms with van der Waals surface area (Å²) in [5.74, 6) is 2.64. The molecule has 1 unspecified atom stereocenters. The molecule has 1 aliphatic heterocycles. The van der Waals surface area contributed by atoms with Crippen molar-refractivity contribution < 1.29 is 5.11 Å². The second-order valence-corrected chi connectivity index (χ2v) is 4.80. The first kappa shape index (κ1) is 11.3. The van der Waals surface area contributed by atoms with Gasteiger partial charge >= 0.3 is 0 Å². The Bertz CT molecular complexity index is 115. The molecule has 78 valence electrons. The van der Waals surface area contributed by atoms with Gasteiger partial charge in [0.1, 0.15) is 0 Å². The number of hydrogen-bond acceptors (Lipinski definition) is 3. The standard InChI is InChI=1S/C10H21NOS/c12-7-4-2-1-3-6-11-10-5-8-13-9-10/h10-12H,1-9H2. The zero-order valence-electron chi connectivity index (χ0n) is 8.30. The summed E-state index contributed by atoms with van der Waals surface area (Å²) < 4.78 is 0. The molecule has 0 aromatic rings. The first-order valence-corrected chi connectivity index (χ1v) is 6.51. The lowest BCUT2D eigenvalue weighted by atomic mass is 10.2. The molecule has 2 nitrogen and oxygen atoms in total. The summed E-state index contributed by atoms with van der Waals surface area (Å²) in [6.45, 7) is 1.52. The van der Waals surface area contributed by atoms with E-state index in [-0.39, 0.29) is 0 Å². The molecule has 0 saturated carbocycles. The van der Waals surface area contributed by atoms with Gasteiger partial charge in [-0.1, -0.05) is 12.8 Å². The van der Waals surface area contributed by atoms with Crippen LogP contribution in [0.4, 0.5) is 0 Å². The van der Waals surface area contributed by atoms with Crippen molar-refractivity contribution in [3.05, 3.63) is 0 Å². The van der Waals surface area contributed by atoms with E-state index in [1.165, 1.54) is 37.2 Å². The minimum atomic E-state index is 0.354. The maximum absolute atomic E-state index is 8.58. The average molecular weight is 203 g/mol. The number of unbranched alkanes of at least 4 members (excludes halogenated alkanes) is 3. The van der Waals surface area contributed by atoms with Gasteiger partial charge in [-0.05, 0) is 31.6 Å². The Morgan fingerprint density at radius 3 is 2.77 bits per heavy atom. The third-order valence-electron chi connectivity index (χ3n) is 2.45. The van der Waals surface area contributed by atoms with E-state index < -0.39 is 0 Å². The van der Waals surface area contributed by atoms with Gasteiger partial charge < -0.3 is 10.4 Å².